The number of hydrogen-bond donors (Lipinski definition) is 1. The monoisotopic (exact) mass is 266 g/mol. The third kappa shape index (κ3) is 3.37. The fraction of sp³-hybridized carbons (Fsp3) is 0.462. The van der Waals surface area contributed by atoms with Crippen LogP contribution in [0.5, 0.6) is 0 Å². The second-order valence-electron chi connectivity index (χ2n) is 4.25. The predicted octanol–water partition coefficient (Wildman–Crippen LogP) is 3.71. The summed E-state index contributed by atoms with van der Waals surface area (Å²) in [5.74, 6) is 0. The van der Waals surface area contributed by atoms with Gasteiger partial charge < -0.3 is 5.32 Å². The molecule has 0 saturated heterocycles. The van der Waals surface area contributed by atoms with Gasteiger partial charge in [-0.25, -0.2) is 4.98 Å². The molecule has 4 heteroatoms. The standard InChI is InChI=1S/C13H18N2S2/c1-9-5-7-16-13(9)10(2)14-6-4-12-8-17-11(3)15-12/h5,7-8,10,14H,4,6H2,1-3H3. The second-order valence-corrected chi connectivity index (χ2v) is 6.26. The van der Waals surface area contributed by atoms with E-state index in [0.717, 1.165) is 18.0 Å². The zero-order valence-corrected chi connectivity index (χ0v) is 12.1. The zero-order valence-electron chi connectivity index (χ0n) is 10.5. The Bertz CT molecular complexity index is 473. The topological polar surface area (TPSA) is 24.9 Å². The molecule has 92 valence electrons. The van der Waals surface area contributed by atoms with Gasteiger partial charge >= 0.3 is 0 Å². The van der Waals surface area contributed by atoms with E-state index in [0.29, 0.717) is 6.04 Å². The van der Waals surface area contributed by atoms with Crippen LogP contribution in [0.3, 0.4) is 0 Å². The van der Waals surface area contributed by atoms with Crippen molar-refractivity contribution < 1.29 is 0 Å². The third-order valence-electron chi connectivity index (χ3n) is 2.79. The fourth-order valence-electron chi connectivity index (χ4n) is 1.86. The summed E-state index contributed by atoms with van der Waals surface area (Å²) < 4.78 is 0. The molecule has 0 aliphatic heterocycles. The van der Waals surface area contributed by atoms with Crippen LogP contribution in [0.15, 0.2) is 16.8 Å². The molecule has 17 heavy (non-hydrogen) atoms. The molecule has 0 radical (unpaired) electrons. The Labute approximate surface area is 111 Å². The number of thiophene rings is 1. The van der Waals surface area contributed by atoms with E-state index in [9.17, 15) is 0 Å². The Hall–Kier alpha value is -0.710. The van der Waals surface area contributed by atoms with Crippen LogP contribution in [0.4, 0.5) is 0 Å². The molecule has 1 atom stereocenters. The Kier molecular flexibility index (Phi) is 4.31. The van der Waals surface area contributed by atoms with Crippen LogP contribution in [0.1, 0.15) is 34.1 Å². The number of thiazole rings is 1. The number of nitrogens with zero attached hydrogens (tertiary/aromatic N) is 1. The van der Waals surface area contributed by atoms with Gasteiger partial charge in [0.1, 0.15) is 0 Å². The van der Waals surface area contributed by atoms with Gasteiger partial charge in [0, 0.05) is 29.3 Å². The Morgan fingerprint density at radius 1 is 1.35 bits per heavy atom. The van der Waals surface area contributed by atoms with Crippen molar-refractivity contribution in [1.82, 2.24) is 10.3 Å². The highest BCUT2D eigenvalue weighted by molar-refractivity contribution is 7.10. The van der Waals surface area contributed by atoms with E-state index in [1.54, 1.807) is 11.3 Å². The van der Waals surface area contributed by atoms with Crippen LogP contribution in [-0.4, -0.2) is 11.5 Å². The van der Waals surface area contributed by atoms with Crippen molar-refractivity contribution in [3.05, 3.63) is 38.0 Å². The minimum absolute atomic E-state index is 0.440. The summed E-state index contributed by atoms with van der Waals surface area (Å²) in [6.07, 6.45) is 1.01. The minimum Gasteiger partial charge on any atom is -0.309 e. The Morgan fingerprint density at radius 2 is 2.18 bits per heavy atom. The van der Waals surface area contributed by atoms with E-state index in [1.165, 1.54) is 16.1 Å². The molecule has 0 aliphatic rings. The molecule has 1 unspecified atom stereocenters. The van der Waals surface area contributed by atoms with Gasteiger partial charge in [0.15, 0.2) is 0 Å². The van der Waals surface area contributed by atoms with E-state index in [-0.39, 0.29) is 0 Å². The van der Waals surface area contributed by atoms with Gasteiger partial charge in [-0.2, -0.15) is 0 Å². The van der Waals surface area contributed by atoms with Crippen LogP contribution in [-0.2, 0) is 6.42 Å². The molecule has 0 fully saturated rings. The summed E-state index contributed by atoms with van der Waals surface area (Å²) in [5, 5.41) is 9.02. The number of aromatic nitrogens is 1. The summed E-state index contributed by atoms with van der Waals surface area (Å²) in [4.78, 5) is 5.91. The molecule has 2 rings (SSSR count). The van der Waals surface area contributed by atoms with E-state index in [4.69, 9.17) is 0 Å². The molecule has 2 heterocycles. The van der Waals surface area contributed by atoms with Crippen molar-refractivity contribution >= 4 is 22.7 Å². The molecule has 0 aliphatic carbocycles. The third-order valence-corrected chi connectivity index (χ3v) is 4.82. The minimum atomic E-state index is 0.440. The maximum absolute atomic E-state index is 4.47. The van der Waals surface area contributed by atoms with Crippen molar-refractivity contribution in [1.29, 1.82) is 0 Å². The summed E-state index contributed by atoms with van der Waals surface area (Å²) in [5.41, 5.74) is 2.59. The molecular formula is C13H18N2S2. The maximum Gasteiger partial charge on any atom is 0.0897 e. The van der Waals surface area contributed by atoms with Crippen LogP contribution in [0.2, 0.25) is 0 Å². The van der Waals surface area contributed by atoms with E-state index >= 15 is 0 Å². The van der Waals surface area contributed by atoms with Gasteiger partial charge in [0.25, 0.3) is 0 Å². The number of rotatable bonds is 5. The fourth-order valence-corrected chi connectivity index (χ4v) is 3.47. The summed E-state index contributed by atoms with van der Waals surface area (Å²) >= 11 is 3.56. The number of nitrogens with one attached hydrogen (secondary N) is 1. The quantitative estimate of drug-likeness (QED) is 0.892. The largest absolute Gasteiger partial charge is 0.309 e. The molecule has 0 spiro atoms. The van der Waals surface area contributed by atoms with Crippen molar-refractivity contribution in [3.63, 3.8) is 0 Å². The molecule has 2 nitrogen and oxygen atoms in total. The van der Waals surface area contributed by atoms with Crippen LogP contribution in [0, 0.1) is 13.8 Å². The smallest absolute Gasteiger partial charge is 0.0897 e. The Balaban J connectivity index is 1.81. The highest BCUT2D eigenvalue weighted by Gasteiger charge is 2.09. The average Bonchev–Trinajstić information content (AvgIpc) is 2.87. The maximum atomic E-state index is 4.47. The summed E-state index contributed by atoms with van der Waals surface area (Å²) in [7, 11) is 0. The molecule has 1 N–H and O–H groups in total. The summed E-state index contributed by atoms with van der Waals surface area (Å²) in [6, 6.07) is 2.62. The molecular weight excluding hydrogens is 248 g/mol. The molecule has 0 saturated carbocycles. The highest BCUT2D eigenvalue weighted by atomic mass is 32.1. The van der Waals surface area contributed by atoms with Crippen molar-refractivity contribution in [2.75, 3.05) is 6.54 Å². The van der Waals surface area contributed by atoms with Gasteiger partial charge in [0.05, 0.1) is 10.7 Å². The van der Waals surface area contributed by atoms with Crippen molar-refractivity contribution in [3.8, 4) is 0 Å². The van der Waals surface area contributed by atoms with Gasteiger partial charge in [-0.15, -0.1) is 22.7 Å². The highest BCUT2D eigenvalue weighted by Crippen LogP contribution is 2.23. The van der Waals surface area contributed by atoms with Gasteiger partial charge in [0.2, 0.25) is 0 Å². The molecule has 2 aromatic heterocycles. The first kappa shape index (κ1) is 12.7. The number of hydrogen-bond acceptors (Lipinski definition) is 4. The molecule has 0 aromatic carbocycles. The first-order valence-corrected chi connectivity index (χ1v) is 7.61. The van der Waals surface area contributed by atoms with Crippen LogP contribution in [0.25, 0.3) is 0 Å². The lowest BCUT2D eigenvalue weighted by atomic mass is 10.2. The lowest BCUT2D eigenvalue weighted by Gasteiger charge is -2.12. The van der Waals surface area contributed by atoms with Crippen LogP contribution >= 0.6 is 22.7 Å². The van der Waals surface area contributed by atoms with Gasteiger partial charge in [-0.1, -0.05) is 0 Å². The normalized spacial score (nSPS) is 12.9. The summed E-state index contributed by atoms with van der Waals surface area (Å²) in [6.45, 7) is 7.44. The first-order valence-electron chi connectivity index (χ1n) is 5.85. The SMILES string of the molecule is Cc1nc(CCNC(C)c2sccc2C)cs1. The van der Waals surface area contributed by atoms with Crippen LogP contribution < -0.4 is 5.32 Å². The lowest BCUT2D eigenvalue weighted by molar-refractivity contribution is 0.580. The second kappa shape index (κ2) is 5.76. The first-order chi connectivity index (χ1) is 8.16. The van der Waals surface area contributed by atoms with Gasteiger partial charge in [-0.05, 0) is 37.8 Å². The molecule has 0 amide bonds. The number of aryl methyl sites for hydroxylation is 2. The predicted molar refractivity (Wildman–Crippen MR) is 76.0 cm³/mol. The molecule has 2 aromatic rings. The van der Waals surface area contributed by atoms with Gasteiger partial charge in [-0.3, -0.25) is 0 Å². The lowest BCUT2D eigenvalue weighted by Crippen LogP contribution is -2.21. The van der Waals surface area contributed by atoms with Crippen molar-refractivity contribution in [2.24, 2.45) is 0 Å². The van der Waals surface area contributed by atoms with E-state index in [1.807, 2.05) is 11.3 Å². The van der Waals surface area contributed by atoms with E-state index < -0.39 is 0 Å². The van der Waals surface area contributed by atoms with E-state index in [2.05, 4.69) is 47.9 Å². The van der Waals surface area contributed by atoms with Crippen molar-refractivity contribution in [2.45, 2.75) is 33.2 Å². The molecule has 0 bridgehead atoms. The Morgan fingerprint density at radius 3 is 2.76 bits per heavy atom. The zero-order chi connectivity index (χ0) is 12.3. The average molecular weight is 266 g/mol.